The Kier molecular flexibility index (Phi) is 3.79. The first-order chi connectivity index (χ1) is 7.72. The normalized spacial score (nSPS) is 12.7. The van der Waals surface area contributed by atoms with Crippen molar-refractivity contribution in [3.63, 3.8) is 0 Å². The van der Waals surface area contributed by atoms with Crippen LogP contribution in [-0.4, -0.2) is 7.05 Å². The molecule has 0 bridgehead atoms. The maximum Gasteiger partial charge on any atom is 0.0668 e. The molecule has 1 aromatic heterocycles. The first kappa shape index (κ1) is 11.8. The van der Waals surface area contributed by atoms with Crippen molar-refractivity contribution in [2.75, 3.05) is 7.05 Å². The number of benzene rings is 1. The predicted octanol–water partition coefficient (Wildman–Crippen LogP) is 4.13. The molecule has 0 fully saturated rings. The molecule has 0 spiro atoms. The second kappa shape index (κ2) is 5.13. The Morgan fingerprint density at radius 3 is 2.69 bits per heavy atom. The number of aryl methyl sites for hydroxylation is 1. The van der Waals surface area contributed by atoms with E-state index in [4.69, 9.17) is 0 Å². The van der Waals surface area contributed by atoms with E-state index in [1.54, 1.807) is 11.3 Å². The van der Waals surface area contributed by atoms with Crippen molar-refractivity contribution in [2.45, 2.75) is 13.0 Å². The molecule has 84 valence electrons. The molecular weight excluding hydrogens is 282 g/mol. The van der Waals surface area contributed by atoms with Gasteiger partial charge in [-0.25, -0.2) is 0 Å². The lowest BCUT2D eigenvalue weighted by atomic mass is 10.0. The molecule has 1 heterocycles. The SMILES string of the molecule is CNC(c1ccc(C)c(Br)c1)c1cccs1. The molecule has 1 aromatic carbocycles. The van der Waals surface area contributed by atoms with E-state index in [0.717, 1.165) is 0 Å². The standard InChI is InChI=1S/C13H14BrNS/c1-9-5-6-10(8-11(9)14)13(15-2)12-4-3-7-16-12/h3-8,13,15H,1-2H3. The molecule has 1 atom stereocenters. The molecule has 16 heavy (non-hydrogen) atoms. The Hall–Kier alpha value is -0.640. The van der Waals surface area contributed by atoms with Crippen LogP contribution < -0.4 is 5.32 Å². The Balaban J connectivity index is 2.37. The van der Waals surface area contributed by atoms with Crippen molar-refractivity contribution in [2.24, 2.45) is 0 Å². The molecule has 0 aliphatic heterocycles. The second-order valence-corrected chi connectivity index (χ2v) is 5.58. The van der Waals surface area contributed by atoms with Crippen molar-refractivity contribution in [1.82, 2.24) is 5.32 Å². The van der Waals surface area contributed by atoms with Crippen LogP contribution in [0, 0.1) is 6.92 Å². The molecule has 2 aromatic rings. The second-order valence-electron chi connectivity index (χ2n) is 3.75. The van der Waals surface area contributed by atoms with Crippen LogP contribution >= 0.6 is 27.3 Å². The Morgan fingerprint density at radius 1 is 1.31 bits per heavy atom. The fraction of sp³-hybridized carbons (Fsp3) is 0.231. The quantitative estimate of drug-likeness (QED) is 0.898. The lowest BCUT2D eigenvalue weighted by Gasteiger charge is -2.16. The highest BCUT2D eigenvalue weighted by atomic mass is 79.9. The van der Waals surface area contributed by atoms with Gasteiger partial charge in [0.25, 0.3) is 0 Å². The predicted molar refractivity (Wildman–Crippen MR) is 74.1 cm³/mol. The first-order valence-electron chi connectivity index (χ1n) is 5.19. The van der Waals surface area contributed by atoms with Crippen LogP contribution in [0.4, 0.5) is 0 Å². The van der Waals surface area contributed by atoms with E-state index in [1.165, 1.54) is 20.5 Å². The minimum Gasteiger partial charge on any atom is -0.309 e. The summed E-state index contributed by atoms with van der Waals surface area (Å²) in [6.45, 7) is 2.10. The van der Waals surface area contributed by atoms with Gasteiger partial charge in [-0.15, -0.1) is 11.3 Å². The number of halogens is 1. The topological polar surface area (TPSA) is 12.0 Å². The van der Waals surface area contributed by atoms with Gasteiger partial charge in [-0.05, 0) is 42.6 Å². The van der Waals surface area contributed by atoms with Crippen LogP contribution in [0.25, 0.3) is 0 Å². The Bertz CT molecular complexity index is 465. The van der Waals surface area contributed by atoms with Crippen molar-refractivity contribution in [3.8, 4) is 0 Å². The number of thiophene rings is 1. The van der Waals surface area contributed by atoms with Crippen molar-refractivity contribution >= 4 is 27.3 Å². The van der Waals surface area contributed by atoms with Gasteiger partial charge < -0.3 is 5.32 Å². The number of hydrogen-bond acceptors (Lipinski definition) is 2. The Labute approximate surface area is 109 Å². The van der Waals surface area contributed by atoms with Gasteiger partial charge in [-0.3, -0.25) is 0 Å². The van der Waals surface area contributed by atoms with E-state index in [-0.39, 0.29) is 6.04 Å². The summed E-state index contributed by atoms with van der Waals surface area (Å²) in [6, 6.07) is 11.1. The number of hydrogen-bond donors (Lipinski definition) is 1. The molecule has 1 nitrogen and oxygen atoms in total. The summed E-state index contributed by atoms with van der Waals surface area (Å²) >= 11 is 5.37. The van der Waals surface area contributed by atoms with Crippen molar-refractivity contribution < 1.29 is 0 Å². The molecule has 0 amide bonds. The molecule has 0 saturated carbocycles. The van der Waals surface area contributed by atoms with Crippen LogP contribution in [0.15, 0.2) is 40.2 Å². The summed E-state index contributed by atoms with van der Waals surface area (Å²) in [4.78, 5) is 1.35. The van der Waals surface area contributed by atoms with Gasteiger partial charge in [-0.2, -0.15) is 0 Å². The van der Waals surface area contributed by atoms with E-state index in [9.17, 15) is 0 Å². The van der Waals surface area contributed by atoms with E-state index in [0.29, 0.717) is 0 Å². The third kappa shape index (κ3) is 2.37. The molecule has 0 radical (unpaired) electrons. The highest BCUT2D eigenvalue weighted by Crippen LogP contribution is 2.28. The molecule has 3 heteroatoms. The first-order valence-corrected chi connectivity index (χ1v) is 6.86. The van der Waals surface area contributed by atoms with Gasteiger partial charge in [0, 0.05) is 9.35 Å². The van der Waals surface area contributed by atoms with Gasteiger partial charge in [0.2, 0.25) is 0 Å². The van der Waals surface area contributed by atoms with E-state index in [1.807, 2.05) is 7.05 Å². The van der Waals surface area contributed by atoms with Crippen molar-refractivity contribution in [3.05, 3.63) is 56.2 Å². The molecule has 1 N–H and O–H groups in total. The molecule has 1 unspecified atom stereocenters. The maximum atomic E-state index is 3.58. The molecule has 0 aliphatic rings. The summed E-state index contributed by atoms with van der Waals surface area (Å²) in [7, 11) is 2.00. The third-order valence-electron chi connectivity index (χ3n) is 2.65. The lowest BCUT2D eigenvalue weighted by molar-refractivity contribution is 0.703. The number of nitrogens with one attached hydrogen (secondary N) is 1. The zero-order valence-corrected chi connectivity index (χ0v) is 11.7. The Morgan fingerprint density at radius 2 is 2.12 bits per heavy atom. The summed E-state index contributed by atoms with van der Waals surface area (Å²) in [5, 5.41) is 5.47. The van der Waals surface area contributed by atoms with Crippen LogP contribution in [0.2, 0.25) is 0 Å². The van der Waals surface area contributed by atoms with Gasteiger partial charge >= 0.3 is 0 Å². The average Bonchev–Trinajstić information content (AvgIpc) is 2.78. The highest BCUT2D eigenvalue weighted by Gasteiger charge is 2.13. The maximum absolute atomic E-state index is 3.58. The van der Waals surface area contributed by atoms with E-state index < -0.39 is 0 Å². The smallest absolute Gasteiger partial charge is 0.0668 e. The molecule has 0 saturated heterocycles. The fourth-order valence-electron chi connectivity index (χ4n) is 1.72. The van der Waals surface area contributed by atoms with E-state index in [2.05, 4.69) is 63.9 Å². The minimum atomic E-state index is 0.289. The zero-order valence-electron chi connectivity index (χ0n) is 9.33. The number of rotatable bonds is 3. The van der Waals surface area contributed by atoms with Crippen LogP contribution in [0.3, 0.4) is 0 Å². The van der Waals surface area contributed by atoms with Crippen molar-refractivity contribution in [1.29, 1.82) is 0 Å². The zero-order chi connectivity index (χ0) is 11.5. The highest BCUT2D eigenvalue weighted by molar-refractivity contribution is 9.10. The fourth-order valence-corrected chi connectivity index (χ4v) is 2.98. The monoisotopic (exact) mass is 295 g/mol. The minimum absolute atomic E-state index is 0.289. The summed E-state index contributed by atoms with van der Waals surface area (Å²) < 4.78 is 1.17. The summed E-state index contributed by atoms with van der Waals surface area (Å²) in [5.41, 5.74) is 2.56. The van der Waals surface area contributed by atoms with E-state index >= 15 is 0 Å². The molecular formula is C13H14BrNS. The van der Waals surface area contributed by atoms with Gasteiger partial charge in [0.1, 0.15) is 0 Å². The van der Waals surface area contributed by atoms with Gasteiger partial charge in [0.05, 0.1) is 6.04 Å². The van der Waals surface area contributed by atoms with Gasteiger partial charge in [0.15, 0.2) is 0 Å². The largest absolute Gasteiger partial charge is 0.309 e. The molecule has 2 rings (SSSR count). The third-order valence-corrected chi connectivity index (χ3v) is 4.44. The van der Waals surface area contributed by atoms with Gasteiger partial charge in [-0.1, -0.05) is 34.1 Å². The van der Waals surface area contributed by atoms with Crippen LogP contribution in [0.1, 0.15) is 22.0 Å². The summed E-state index contributed by atoms with van der Waals surface area (Å²) in [5.74, 6) is 0. The average molecular weight is 296 g/mol. The molecule has 0 aliphatic carbocycles. The summed E-state index contributed by atoms with van der Waals surface area (Å²) in [6.07, 6.45) is 0. The lowest BCUT2D eigenvalue weighted by Crippen LogP contribution is -2.16. The van der Waals surface area contributed by atoms with Crippen LogP contribution in [0.5, 0.6) is 0 Å². The van der Waals surface area contributed by atoms with Crippen LogP contribution in [-0.2, 0) is 0 Å².